The Hall–Kier alpha value is -1.55. The van der Waals surface area contributed by atoms with Gasteiger partial charge in [0.15, 0.2) is 0 Å². The zero-order valence-corrected chi connectivity index (χ0v) is 12.4. The summed E-state index contributed by atoms with van der Waals surface area (Å²) < 4.78 is 5.37. The van der Waals surface area contributed by atoms with E-state index in [2.05, 4.69) is 36.6 Å². The molecule has 0 radical (unpaired) electrons. The van der Waals surface area contributed by atoms with Crippen molar-refractivity contribution in [2.45, 2.75) is 19.4 Å². The van der Waals surface area contributed by atoms with Crippen molar-refractivity contribution >= 4 is 11.6 Å². The lowest BCUT2D eigenvalue weighted by Crippen LogP contribution is -2.29. The molecule has 0 bridgehead atoms. The van der Waals surface area contributed by atoms with E-state index >= 15 is 0 Å². The summed E-state index contributed by atoms with van der Waals surface area (Å²) in [5.74, 6) is 6.52. The fourth-order valence-electron chi connectivity index (χ4n) is 2.20. The number of hydrazine groups is 1. The smallest absolute Gasteiger partial charge is 0.122 e. The second-order valence-corrected chi connectivity index (χ2v) is 5.23. The molecule has 0 aromatic heterocycles. The lowest BCUT2D eigenvalue weighted by atomic mass is 9.98. The minimum absolute atomic E-state index is 0.0166. The van der Waals surface area contributed by atoms with Gasteiger partial charge in [0.2, 0.25) is 0 Å². The van der Waals surface area contributed by atoms with Crippen molar-refractivity contribution in [3.05, 3.63) is 64.2 Å². The average Bonchev–Trinajstić information content (AvgIpc) is 2.46. The summed E-state index contributed by atoms with van der Waals surface area (Å²) in [5.41, 5.74) is 6.26. The van der Waals surface area contributed by atoms with Crippen molar-refractivity contribution < 1.29 is 4.74 Å². The Morgan fingerprint density at radius 2 is 1.90 bits per heavy atom. The summed E-state index contributed by atoms with van der Waals surface area (Å²) in [7, 11) is 1.66. The molecule has 0 aliphatic heterocycles. The van der Waals surface area contributed by atoms with Crippen LogP contribution in [-0.4, -0.2) is 7.11 Å². The largest absolute Gasteiger partial charge is 0.496 e. The van der Waals surface area contributed by atoms with Crippen LogP contribution in [0.1, 0.15) is 22.7 Å². The van der Waals surface area contributed by atoms with E-state index in [9.17, 15) is 0 Å². The number of aryl methyl sites for hydroxylation is 1. The first-order valence-electron chi connectivity index (χ1n) is 6.49. The average molecular weight is 291 g/mol. The van der Waals surface area contributed by atoms with Gasteiger partial charge in [0, 0.05) is 5.02 Å². The van der Waals surface area contributed by atoms with Gasteiger partial charge >= 0.3 is 0 Å². The molecular formula is C16H19ClN2O. The standard InChI is InChI=1S/C16H19ClN2O/c1-11-3-5-12(6-4-11)15(19-18)10-13-9-14(17)7-8-16(13)20-2/h3-9,15,19H,10,18H2,1-2H3. The third-order valence-corrected chi connectivity index (χ3v) is 3.58. The fourth-order valence-corrected chi connectivity index (χ4v) is 2.39. The van der Waals surface area contributed by atoms with Gasteiger partial charge in [-0.2, -0.15) is 0 Å². The Balaban J connectivity index is 2.26. The maximum Gasteiger partial charge on any atom is 0.122 e. The molecule has 0 aliphatic rings. The second-order valence-electron chi connectivity index (χ2n) is 4.79. The van der Waals surface area contributed by atoms with Crippen LogP contribution in [0.25, 0.3) is 0 Å². The predicted octanol–water partition coefficient (Wildman–Crippen LogP) is 3.40. The van der Waals surface area contributed by atoms with Crippen LogP contribution < -0.4 is 16.0 Å². The van der Waals surface area contributed by atoms with Gasteiger partial charge in [-0.1, -0.05) is 41.4 Å². The van der Waals surface area contributed by atoms with Crippen LogP contribution in [0.3, 0.4) is 0 Å². The monoisotopic (exact) mass is 290 g/mol. The van der Waals surface area contributed by atoms with Crippen LogP contribution in [0.4, 0.5) is 0 Å². The van der Waals surface area contributed by atoms with Gasteiger partial charge in [0.1, 0.15) is 5.75 Å². The Morgan fingerprint density at radius 3 is 2.50 bits per heavy atom. The van der Waals surface area contributed by atoms with Gasteiger partial charge < -0.3 is 4.74 Å². The SMILES string of the molecule is COc1ccc(Cl)cc1CC(NN)c1ccc(C)cc1. The quantitative estimate of drug-likeness (QED) is 0.655. The molecule has 0 saturated carbocycles. The minimum Gasteiger partial charge on any atom is -0.496 e. The summed E-state index contributed by atoms with van der Waals surface area (Å²) in [5, 5.41) is 0.695. The van der Waals surface area contributed by atoms with Gasteiger partial charge in [-0.15, -0.1) is 0 Å². The molecule has 2 aromatic carbocycles. The zero-order valence-electron chi connectivity index (χ0n) is 11.7. The number of halogens is 1. The maximum absolute atomic E-state index is 6.06. The summed E-state index contributed by atoms with van der Waals surface area (Å²) in [6.07, 6.45) is 0.712. The number of rotatable bonds is 5. The Labute approximate surface area is 124 Å². The first-order valence-corrected chi connectivity index (χ1v) is 6.87. The number of nitrogens with two attached hydrogens (primary N) is 1. The molecule has 1 unspecified atom stereocenters. The lowest BCUT2D eigenvalue weighted by Gasteiger charge is -2.18. The molecular weight excluding hydrogens is 272 g/mol. The van der Waals surface area contributed by atoms with Crippen molar-refractivity contribution in [2.24, 2.45) is 5.84 Å². The number of methoxy groups -OCH3 is 1. The second kappa shape index (κ2) is 6.75. The minimum atomic E-state index is 0.0166. The van der Waals surface area contributed by atoms with E-state index in [1.54, 1.807) is 7.11 Å². The summed E-state index contributed by atoms with van der Waals surface area (Å²) in [4.78, 5) is 0. The first kappa shape index (κ1) is 14.9. The molecule has 0 amide bonds. The lowest BCUT2D eigenvalue weighted by molar-refractivity contribution is 0.405. The van der Waals surface area contributed by atoms with E-state index in [1.807, 2.05) is 18.2 Å². The molecule has 2 aromatic rings. The van der Waals surface area contributed by atoms with E-state index in [-0.39, 0.29) is 6.04 Å². The van der Waals surface area contributed by atoms with Crippen LogP contribution in [0.2, 0.25) is 5.02 Å². The highest BCUT2D eigenvalue weighted by molar-refractivity contribution is 6.30. The normalized spacial score (nSPS) is 12.2. The highest BCUT2D eigenvalue weighted by Crippen LogP contribution is 2.27. The molecule has 0 aliphatic carbocycles. The van der Waals surface area contributed by atoms with Crippen LogP contribution in [0.5, 0.6) is 5.75 Å². The molecule has 106 valence electrons. The molecule has 0 fully saturated rings. The molecule has 2 rings (SSSR count). The van der Waals surface area contributed by atoms with Crippen molar-refractivity contribution in [3.63, 3.8) is 0 Å². The summed E-state index contributed by atoms with van der Waals surface area (Å²) >= 11 is 6.06. The van der Waals surface area contributed by atoms with E-state index in [0.717, 1.165) is 16.9 Å². The molecule has 0 heterocycles. The number of ether oxygens (including phenoxy) is 1. The molecule has 0 saturated heterocycles. The van der Waals surface area contributed by atoms with Gasteiger partial charge in [0.05, 0.1) is 13.2 Å². The number of nitrogens with one attached hydrogen (secondary N) is 1. The van der Waals surface area contributed by atoms with Gasteiger partial charge in [-0.3, -0.25) is 11.3 Å². The number of hydrogen-bond acceptors (Lipinski definition) is 3. The van der Waals surface area contributed by atoms with E-state index in [1.165, 1.54) is 5.56 Å². The topological polar surface area (TPSA) is 47.3 Å². The van der Waals surface area contributed by atoms with Crippen molar-refractivity contribution in [3.8, 4) is 5.75 Å². The Kier molecular flexibility index (Phi) is 5.01. The first-order chi connectivity index (χ1) is 9.63. The highest BCUT2D eigenvalue weighted by atomic mass is 35.5. The summed E-state index contributed by atoms with van der Waals surface area (Å²) in [6, 6.07) is 13.9. The van der Waals surface area contributed by atoms with E-state index in [0.29, 0.717) is 11.4 Å². The van der Waals surface area contributed by atoms with E-state index in [4.69, 9.17) is 22.2 Å². The fraction of sp³-hybridized carbons (Fsp3) is 0.250. The maximum atomic E-state index is 6.06. The molecule has 0 spiro atoms. The van der Waals surface area contributed by atoms with Crippen LogP contribution >= 0.6 is 11.6 Å². The number of hydrogen-bond donors (Lipinski definition) is 2. The Morgan fingerprint density at radius 1 is 1.20 bits per heavy atom. The Bertz CT molecular complexity index is 569. The van der Waals surface area contributed by atoms with Gasteiger partial charge in [0.25, 0.3) is 0 Å². The van der Waals surface area contributed by atoms with Crippen LogP contribution in [-0.2, 0) is 6.42 Å². The number of benzene rings is 2. The predicted molar refractivity (Wildman–Crippen MR) is 83.0 cm³/mol. The zero-order chi connectivity index (χ0) is 14.5. The molecule has 20 heavy (non-hydrogen) atoms. The third-order valence-electron chi connectivity index (χ3n) is 3.35. The van der Waals surface area contributed by atoms with Crippen LogP contribution in [0, 0.1) is 6.92 Å². The third kappa shape index (κ3) is 3.51. The molecule has 1 atom stereocenters. The highest BCUT2D eigenvalue weighted by Gasteiger charge is 2.14. The van der Waals surface area contributed by atoms with Crippen LogP contribution in [0.15, 0.2) is 42.5 Å². The van der Waals surface area contributed by atoms with Gasteiger partial charge in [-0.05, 0) is 42.7 Å². The molecule has 3 nitrogen and oxygen atoms in total. The molecule has 3 N–H and O–H groups in total. The van der Waals surface area contributed by atoms with Crippen molar-refractivity contribution in [1.82, 2.24) is 5.43 Å². The van der Waals surface area contributed by atoms with Gasteiger partial charge in [-0.25, -0.2) is 0 Å². The van der Waals surface area contributed by atoms with Crippen molar-refractivity contribution in [2.75, 3.05) is 7.11 Å². The van der Waals surface area contributed by atoms with E-state index < -0.39 is 0 Å². The molecule has 4 heteroatoms. The summed E-state index contributed by atoms with van der Waals surface area (Å²) in [6.45, 7) is 2.06. The van der Waals surface area contributed by atoms with Crippen molar-refractivity contribution in [1.29, 1.82) is 0 Å².